The third-order valence-corrected chi connectivity index (χ3v) is 6.57. The second kappa shape index (κ2) is 10.8. The van der Waals surface area contributed by atoms with Crippen molar-refractivity contribution >= 4 is 0 Å². The Morgan fingerprint density at radius 3 is 2.16 bits per heavy atom. The van der Waals surface area contributed by atoms with E-state index in [2.05, 4.69) is 25.7 Å². The van der Waals surface area contributed by atoms with Crippen LogP contribution >= 0.6 is 0 Å². The van der Waals surface area contributed by atoms with E-state index in [0.29, 0.717) is 23.8 Å². The minimum absolute atomic E-state index is 0.157. The van der Waals surface area contributed by atoms with Crippen molar-refractivity contribution in [3.05, 3.63) is 70.3 Å². The van der Waals surface area contributed by atoms with E-state index in [9.17, 15) is 17.6 Å². The highest BCUT2D eigenvalue weighted by Gasteiger charge is 2.25. The van der Waals surface area contributed by atoms with Crippen molar-refractivity contribution in [2.24, 2.45) is 17.8 Å². The third-order valence-electron chi connectivity index (χ3n) is 6.57. The predicted octanol–water partition coefficient (Wildman–Crippen LogP) is 7.82. The number of hydrogen-bond donors (Lipinski definition) is 0. The van der Waals surface area contributed by atoms with Crippen molar-refractivity contribution in [3.8, 4) is 11.8 Å². The largest absolute Gasteiger partial charge is 0.206 e. The molecule has 166 valence electrons. The molecule has 0 bridgehead atoms. The fourth-order valence-corrected chi connectivity index (χ4v) is 4.65. The van der Waals surface area contributed by atoms with Crippen LogP contribution in [0.15, 0.2) is 30.3 Å². The van der Waals surface area contributed by atoms with Gasteiger partial charge in [0.2, 0.25) is 0 Å². The van der Waals surface area contributed by atoms with E-state index in [1.807, 2.05) is 0 Å². The van der Waals surface area contributed by atoms with Gasteiger partial charge in [0.1, 0.15) is 11.6 Å². The van der Waals surface area contributed by atoms with Gasteiger partial charge in [-0.05, 0) is 72.9 Å². The van der Waals surface area contributed by atoms with Gasteiger partial charge in [-0.2, -0.15) is 0 Å². The molecule has 0 aromatic heterocycles. The first kappa shape index (κ1) is 23.4. The Hall–Kier alpha value is -2.28. The van der Waals surface area contributed by atoms with Crippen molar-refractivity contribution < 1.29 is 17.6 Å². The van der Waals surface area contributed by atoms with Gasteiger partial charge in [-0.3, -0.25) is 0 Å². The summed E-state index contributed by atoms with van der Waals surface area (Å²) >= 11 is 0. The van der Waals surface area contributed by atoms with Crippen LogP contribution in [0, 0.1) is 52.9 Å². The molecule has 0 spiro atoms. The van der Waals surface area contributed by atoms with Gasteiger partial charge in [0.15, 0.2) is 11.6 Å². The zero-order chi connectivity index (χ0) is 22.4. The summed E-state index contributed by atoms with van der Waals surface area (Å²) in [6, 6.07) is 5.82. The Kier molecular flexibility index (Phi) is 8.18. The van der Waals surface area contributed by atoms with E-state index < -0.39 is 23.3 Å². The fourth-order valence-electron chi connectivity index (χ4n) is 4.65. The van der Waals surface area contributed by atoms with Crippen molar-refractivity contribution in [3.63, 3.8) is 0 Å². The van der Waals surface area contributed by atoms with Crippen LogP contribution in [0.4, 0.5) is 17.6 Å². The van der Waals surface area contributed by atoms with Crippen LogP contribution in [0.2, 0.25) is 0 Å². The van der Waals surface area contributed by atoms with Gasteiger partial charge < -0.3 is 0 Å². The third kappa shape index (κ3) is 6.35. The molecule has 1 fully saturated rings. The topological polar surface area (TPSA) is 0 Å². The molecular weight excluding hydrogens is 400 g/mol. The first-order valence-corrected chi connectivity index (χ1v) is 11.3. The summed E-state index contributed by atoms with van der Waals surface area (Å²) in [5.74, 6) is 3.25. The van der Waals surface area contributed by atoms with Crippen LogP contribution in [-0.2, 0) is 6.42 Å². The van der Waals surface area contributed by atoms with E-state index in [1.54, 1.807) is 0 Å². The van der Waals surface area contributed by atoms with E-state index >= 15 is 0 Å². The van der Waals surface area contributed by atoms with Crippen molar-refractivity contribution in [2.75, 3.05) is 0 Å². The number of unbranched alkanes of at least 4 members (excludes halogenated alkanes) is 1. The Balaban J connectivity index is 1.64. The first-order valence-electron chi connectivity index (χ1n) is 11.3. The highest BCUT2D eigenvalue weighted by molar-refractivity contribution is 5.45. The Morgan fingerprint density at radius 1 is 0.871 bits per heavy atom. The van der Waals surface area contributed by atoms with Gasteiger partial charge >= 0.3 is 0 Å². The fraction of sp³-hybridized carbons (Fsp3) is 0.481. The summed E-state index contributed by atoms with van der Waals surface area (Å²) in [7, 11) is 0. The molecule has 2 aromatic carbocycles. The molecule has 0 aliphatic heterocycles. The van der Waals surface area contributed by atoms with Gasteiger partial charge in [0.05, 0.1) is 5.56 Å². The summed E-state index contributed by atoms with van der Waals surface area (Å²) in [5.41, 5.74) is 0.441. The molecule has 0 N–H and O–H groups in total. The highest BCUT2D eigenvalue weighted by Crippen LogP contribution is 2.37. The summed E-state index contributed by atoms with van der Waals surface area (Å²) < 4.78 is 55.4. The second-order valence-electron chi connectivity index (χ2n) is 8.92. The standard InChI is InChI=1S/C27H30F4/c1-3-4-5-19-6-10-22(11-7-19)18(2)14-21-16-25(29)23(26(30)17-21)12-8-20-9-13-24(28)27(31)15-20/h9,13,15-19,22H,3-7,10-11,14H2,1-2H3. The Bertz CT molecular complexity index is 922. The zero-order valence-electron chi connectivity index (χ0n) is 18.3. The van der Waals surface area contributed by atoms with Crippen LogP contribution in [0.5, 0.6) is 0 Å². The molecule has 0 amide bonds. The molecule has 1 aliphatic rings. The van der Waals surface area contributed by atoms with E-state index in [-0.39, 0.29) is 11.1 Å². The van der Waals surface area contributed by atoms with Crippen molar-refractivity contribution in [1.29, 1.82) is 0 Å². The Morgan fingerprint density at radius 2 is 1.55 bits per heavy atom. The molecule has 1 aliphatic carbocycles. The van der Waals surface area contributed by atoms with Crippen LogP contribution < -0.4 is 0 Å². The number of benzene rings is 2. The normalized spacial score (nSPS) is 19.5. The minimum atomic E-state index is -1.04. The van der Waals surface area contributed by atoms with Crippen LogP contribution in [-0.4, -0.2) is 0 Å². The molecule has 1 saturated carbocycles. The molecule has 2 aromatic rings. The number of hydrogen-bond acceptors (Lipinski definition) is 0. The quantitative estimate of drug-likeness (QED) is 0.324. The number of rotatable bonds is 6. The molecule has 31 heavy (non-hydrogen) atoms. The minimum Gasteiger partial charge on any atom is -0.206 e. The average molecular weight is 431 g/mol. The summed E-state index contributed by atoms with van der Waals surface area (Å²) in [6.45, 7) is 4.40. The lowest BCUT2D eigenvalue weighted by Crippen LogP contribution is -2.21. The summed E-state index contributed by atoms with van der Waals surface area (Å²) in [5, 5.41) is 0. The molecule has 0 nitrogen and oxygen atoms in total. The van der Waals surface area contributed by atoms with Gasteiger partial charge in [0.25, 0.3) is 0 Å². The molecular formula is C27H30F4. The lowest BCUT2D eigenvalue weighted by Gasteiger charge is -2.32. The molecule has 0 saturated heterocycles. The van der Waals surface area contributed by atoms with Crippen LogP contribution in [0.25, 0.3) is 0 Å². The van der Waals surface area contributed by atoms with Crippen LogP contribution in [0.3, 0.4) is 0 Å². The van der Waals surface area contributed by atoms with Crippen LogP contribution in [0.1, 0.15) is 75.5 Å². The molecule has 0 radical (unpaired) electrons. The van der Waals surface area contributed by atoms with E-state index in [4.69, 9.17) is 0 Å². The van der Waals surface area contributed by atoms with Crippen molar-refractivity contribution in [2.45, 2.75) is 65.2 Å². The van der Waals surface area contributed by atoms with Gasteiger partial charge in [0, 0.05) is 5.56 Å². The molecule has 1 unspecified atom stereocenters. The average Bonchev–Trinajstić information content (AvgIpc) is 2.74. The monoisotopic (exact) mass is 430 g/mol. The molecule has 4 heteroatoms. The maximum absolute atomic E-state index is 14.5. The lowest BCUT2D eigenvalue weighted by molar-refractivity contribution is 0.204. The first-order chi connectivity index (χ1) is 14.9. The van der Waals surface area contributed by atoms with Gasteiger partial charge in [-0.1, -0.05) is 57.8 Å². The summed E-state index contributed by atoms with van der Waals surface area (Å²) in [6.07, 6.45) is 9.41. The molecule has 3 rings (SSSR count). The predicted molar refractivity (Wildman–Crippen MR) is 117 cm³/mol. The smallest absolute Gasteiger partial charge is 0.160 e. The van der Waals surface area contributed by atoms with E-state index in [1.165, 1.54) is 63.1 Å². The van der Waals surface area contributed by atoms with Gasteiger partial charge in [-0.25, -0.2) is 17.6 Å². The molecule has 0 heterocycles. The van der Waals surface area contributed by atoms with Crippen molar-refractivity contribution in [1.82, 2.24) is 0 Å². The molecule has 1 atom stereocenters. The lowest BCUT2D eigenvalue weighted by atomic mass is 9.73. The second-order valence-corrected chi connectivity index (χ2v) is 8.92. The maximum Gasteiger partial charge on any atom is 0.160 e. The Labute approximate surface area is 183 Å². The SMILES string of the molecule is CCCCC1CCC(C(C)Cc2cc(F)c(C#Cc3ccc(F)c(F)c3)c(F)c2)CC1. The maximum atomic E-state index is 14.5. The zero-order valence-corrected chi connectivity index (χ0v) is 18.3. The van der Waals surface area contributed by atoms with E-state index in [0.717, 1.165) is 18.1 Å². The number of halogens is 4. The summed E-state index contributed by atoms with van der Waals surface area (Å²) in [4.78, 5) is 0. The highest BCUT2D eigenvalue weighted by atomic mass is 19.2. The van der Waals surface area contributed by atoms with Gasteiger partial charge in [-0.15, -0.1) is 0 Å².